The molecule has 20 heavy (non-hydrogen) atoms. The molecule has 2 rings (SSSR count). The zero-order chi connectivity index (χ0) is 14.7. The molecule has 0 heterocycles. The molecule has 0 unspecified atom stereocenters. The first kappa shape index (κ1) is 14.7. The number of hydrogen-bond acceptors (Lipinski definition) is 4. The number of carbonyl (C=O) groups is 1. The number of benzene rings is 2. The molecule has 0 amide bonds. The molecule has 0 aliphatic heterocycles. The predicted molar refractivity (Wildman–Crippen MR) is 81.1 cm³/mol. The highest BCUT2D eigenvalue weighted by Gasteiger charge is 2.09. The highest BCUT2D eigenvalue weighted by molar-refractivity contribution is 9.11. The number of aromatic hydroxyl groups is 1. The quantitative estimate of drug-likeness (QED) is 0.710. The minimum atomic E-state index is -1.06. The van der Waals surface area contributed by atoms with Crippen molar-refractivity contribution in [3.05, 3.63) is 50.9 Å². The Bertz CT molecular complexity index is 679. The topological polar surface area (TPSA) is 82.2 Å². The number of phenolic OH excluding ortho intramolecular Hbond substituents is 1. The number of azo groups is 1. The molecular weight excluding hydrogens is 392 g/mol. The van der Waals surface area contributed by atoms with Crippen LogP contribution < -0.4 is 0 Å². The van der Waals surface area contributed by atoms with Crippen molar-refractivity contribution in [1.82, 2.24) is 0 Å². The van der Waals surface area contributed by atoms with Crippen molar-refractivity contribution in [2.24, 2.45) is 10.2 Å². The Hall–Kier alpha value is -1.73. The molecule has 2 aromatic rings. The summed E-state index contributed by atoms with van der Waals surface area (Å²) in [7, 11) is 0. The minimum absolute atomic E-state index is 0.0647. The molecule has 5 nitrogen and oxygen atoms in total. The summed E-state index contributed by atoms with van der Waals surface area (Å²) in [5.41, 5.74) is 0.815. The van der Waals surface area contributed by atoms with Gasteiger partial charge in [0, 0.05) is 0 Å². The maximum absolute atomic E-state index is 11.0. The summed E-state index contributed by atoms with van der Waals surface area (Å²) in [5.74, 6) is -0.998. The molecule has 0 saturated carbocycles. The van der Waals surface area contributed by atoms with Gasteiger partial charge in [-0.15, -0.1) is 5.11 Å². The second kappa shape index (κ2) is 6.15. The predicted octanol–water partition coefficient (Wildman–Crippen LogP) is 5.03. The van der Waals surface area contributed by atoms with Crippen LogP contribution in [0.1, 0.15) is 10.4 Å². The molecular formula is C13H8Br2N2O3. The van der Waals surface area contributed by atoms with Crippen LogP contribution in [0, 0.1) is 0 Å². The normalized spacial score (nSPS) is 10.9. The summed E-state index contributed by atoms with van der Waals surface area (Å²) in [6.45, 7) is 0. The maximum atomic E-state index is 11.0. The Labute approximate surface area is 131 Å². The molecule has 0 atom stereocenters. The van der Waals surface area contributed by atoms with E-state index in [2.05, 4.69) is 42.1 Å². The van der Waals surface area contributed by atoms with E-state index in [4.69, 9.17) is 5.11 Å². The second-order valence-corrected chi connectivity index (χ2v) is 5.49. The number of carboxylic acid groups (broad SMARTS) is 1. The van der Waals surface area contributed by atoms with Crippen LogP contribution in [0.5, 0.6) is 5.75 Å². The molecule has 2 N–H and O–H groups in total. The van der Waals surface area contributed by atoms with E-state index in [0.717, 1.165) is 0 Å². The average Bonchev–Trinajstić information content (AvgIpc) is 2.42. The molecule has 0 saturated heterocycles. The Morgan fingerprint density at radius 3 is 2.25 bits per heavy atom. The Balaban J connectivity index is 2.37. The van der Waals surface area contributed by atoms with E-state index in [0.29, 0.717) is 14.6 Å². The fourth-order valence-electron chi connectivity index (χ4n) is 1.46. The number of aromatic carboxylic acids is 1. The zero-order valence-corrected chi connectivity index (χ0v) is 13.1. The van der Waals surface area contributed by atoms with Gasteiger partial charge in [0.2, 0.25) is 0 Å². The Kier molecular flexibility index (Phi) is 4.51. The molecule has 0 spiro atoms. The fraction of sp³-hybridized carbons (Fsp3) is 0. The number of hydrogen-bond donors (Lipinski definition) is 2. The summed E-state index contributed by atoms with van der Waals surface area (Å²) >= 11 is 6.37. The van der Waals surface area contributed by atoms with Gasteiger partial charge in [-0.2, -0.15) is 5.11 Å². The van der Waals surface area contributed by atoms with Gasteiger partial charge < -0.3 is 10.2 Å². The second-order valence-electron chi connectivity index (χ2n) is 3.78. The number of carboxylic acids is 1. The van der Waals surface area contributed by atoms with Gasteiger partial charge in [-0.3, -0.25) is 0 Å². The van der Waals surface area contributed by atoms with E-state index in [-0.39, 0.29) is 17.0 Å². The van der Waals surface area contributed by atoms with Gasteiger partial charge in [-0.25, -0.2) is 4.79 Å². The van der Waals surface area contributed by atoms with Crippen LogP contribution in [0.15, 0.2) is 55.6 Å². The lowest BCUT2D eigenvalue weighted by atomic mass is 10.2. The maximum Gasteiger partial charge on any atom is 0.337 e. The third-order valence-corrected chi connectivity index (χ3v) is 3.62. The van der Waals surface area contributed by atoms with E-state index in [1.807, 2.05) is 0 Å². The van der Waals surface area contributed by atoms with Gasteiger partial charge in [-0.1, -0.05) is 12.1 Å². The van der Waals surface area contributed by atoms with Gasteiger partial charge in [0.25, 0.3) is 0 Å². The summed E-state index contributed by atoms with van der Waals surface area (Å²) in [6, 6.07) is 9.48. The first-order chi connectivity index (χ1) is 9.49. The van der Waals surface area contributed by atoms with E-state index in [1.54, 1.807) is 30.3 Å². The van der Waals surface area contributed by atoms with Crippen LogP contribution in [-0.2, 0) is 0 Å². The van der Waals surface area contributed by atoms with Gasteiger partial charge in [0.05, 0.1) is 20.2 Å². The lowest BCUT2D eigenvalue weighted by Gasteiger charge is -2.02. The van der Waals surface area contributed by atoms with Crippen molar-refractivity contribution >= 4 is 49.2 Å². The van der Waals surface area contributed by atoms with Gasteiger partial charge >= 0.3 is 5.97 Å². The van der Waals surface area contributed by atoms with E-state index in [9.17, 15) is 9.90 Å². The zero-order valence-electron chi connectivity index (χ0n) is 9.92. The smallest absolute Gasteiger partial charge is 0.337 e. The number of rotatable bonds is 3. The minimum Gasteiger partial charge on any atom is -0.506 e. The van der Waals surface area contributed by atoms with Gasteiger partial charge in [0.1, 0.15) is 11.4 Å². The standard InChI is InChI=1S/C13H8Br2N2O3/c14-9-5-7(6-10(15)12(9)18)16-17-11-4-2-1-3-8(11)13(19)20/h1-6,18H,(H,19,20)/b17-16+. The van der Waals surface area contributed by atoms with Crippen LogP contribution in [-0.4, -0.2) is 16.2 Å². The van der Waals surface area contributed by atoms with Gasteiger partial charge in [-0.05, 0) is 56.1 Å². The SMILES string of the molecule is O=C(O)c1ccccc1/N=N/c1cc(Br)c(O)c(Br)c1. The molecule has 102 valence electrons. The van der Waals surface area contributed by atoms with E-state index < -0.39 is 5.97 Å². The lowest BCUT2D eigenvalue weighted by molar-refractivity contribution is 0.0697. The Morgan fingerprint density at radius 1 is 1.05 bits per heavy atom. The van der Waals surface area contributed by atoms with Crippen LogP contribution >= 0.6 is 31.9 Å². The summed E-state index contributed by atoms with van der Waals surface area (Å²) in [6.07, 6.45) is 0. The third-order valence-electron chi connectivity index (χ3n) is 2.41. The molecule has 0 fully saturated rings. The molecule has 0 aliphatic carbocycles. The molecule has 7 heteroatoms. The highest BCUT2D eigenvalue weighted by atomic mass is 79.9. The van der Waals surface area contributed by atoms with Crippen LogP contribution in [0.3, 0.4) is 0 Å². The first-order valence-corrected chi connectivity index (χ1v) is 6.99. The lowest BCUT2D eigenvalue weighted by Crippen LogP contribution is -1.95. The van der Waals surface area contributed by atoms with Crippen molar-refractivity contribution in [2.75, 3.05) is 0 Å². The summed E-state index contributed by atoms with van der Waals surface area (Å²) in [5, 5.41) is 26.5. The highest BCUT2D eigenvalue weighted by Crippen LogP contribution is 2.36. The van der Waals surface area contributed by atoms with Gasteiger partial charge in [0.15, 0.2) is 0 Å². The van der Waals surface area contributed by atoms with Crippen molar-refractivity contribution in [1.29, 1.82) is 0 Å². The third kappa shape index (κ3) is 3.23. The van der Waals surface area contributed by atoms with Crippen LogP contribution in [0.25, 0.3) is 0 Å². The van der Waals surface area contributed by atoms with Crippen LogP contribution in [0.4, 0.5) is 11.4 Å². The largest absolute Gasteiger partial charge is 0.506 e. The number of halogens is 2. The monoisotopic (exact) mass is 398 g/mol. The molecule has 0 bridgehead atoms. The van der Waals surface area contributed by atoms with Crippen molar-refractivity contribution in [2.45, 2.75) is 0 Å². The number of nitrogens with zero attached hydrogens (tertiary/aromatic N) is 2. The van der Waals surface area contributed by atoms with Crippen molar-refractivity contribution in [3.63, 3.8) is 0 Å². The molecule has 0 radical (unpaired) electrons. The summed E-state index contributed by atoms with van der Waals surface area (Å²) < 4.78 is 0.930. The molecule has 0 aliphatic rings. The van der Waals surface area contributed by atoms with Crippen molar-refractivity contribution in [3.8, 4) is 5.75 Å². The Morgan fingerprint density at radius 2 is 1.65 bits per heavy atom. The van der Waals surface area contributed by atoms with Crippen molar-refractivity contribution < 1.29 is 15.0 Å². The average molecular weight is 400 g/mol. The fourth-order valence-corrected chi connectivity index (χ4v) is 2.63. The molecule has 2 aromatic carbocycles. The summed E-state index contributed by atoms with van der Waals surface area (Å²) in [4.78, 5) is 11.0. The first-order valence-electron chi connectivity index (χ1n) is 5.41. The molecule has 0 aromatic heterocycles. The van der Waals surface area contributed by atoms with E-state index >= 15 is 0 Å². The number of phenols is 1. The van der Waals surface area contributed by atoms with Crippen LogP contribution in [0.2, 0.25) is 0 Å². The van der Waals surface area contributed by atoms with E-state index in [1.165, 1.54) is 6.07 Å².